The van der Waals surface area contributed by atoms with Crippen LogP contribution in [0.3, 0.4) is 0 Å². The predicted octanol–water partition coefficient (Wildman–Crippen LogP) is 3.25. The van der Waals surface area contributed by atoms with Crippen molar-refractivity contribution in [2.24, 2.45) is 0 Å². The molecule has 0 saturated carbocycles. The minimum Gasteiger partial charge on any atom is -0.341 e. The van der Waals surface area contributed by atoms with Gasteiger partial charge in [-0.3, -0.25) is 4.79 Å². The number of benzene rings is 1. The topological polar surface area (TPSA) is 22.0 Å². The van der Waals surface area contributed by atoms with Crippen molar-refractivity contribution in [3.63, 3.8) is 0 Å². The van der Waals surface area contributed by atoms with Gasteiger partial charge >= 0.3 is 0 Å². The van der Waals surface area contributed by atoms with Crippen LogP contribution < -0.4 is 0 Å². The predicted molar refractivity (Wildman–Crippen MR) is 63.0 cm³/mol. The van der Waals surface area contributed by atoms with Crippen LogP contribution >= 0.6 is 15.9 Å². The number of rotatable bonds is 3. The second-order valence-corrected chi connectivity index (χ2v) is 4.33. The van der Waals surface area contributed by atoms with Crippen LogP contribution in [-0.4, -0.2) is 10.9 Å². The molecule has 0 aliphatic heterocycles. The first-order valence-corrected chi connectivity index (χ1v) is 5.54. The van der Waals surface area contributed by atoms with Gasteiger partial charge in [0, 0.05) is 16.2 Å². The molecule has 4 heteroatoms. The zero-order valence-electron chi connectivity index (χ0n) is 8.36. The molecule has 0 saturated heterocycles. The maximum absolute atomic E-state index is 13.5. The third kappa shape index (κ3) is 2.22. The smallest absolute Gasteiger partial charge is 0.166 e. The standard InChI is InChI=1S/C12H9BrFNO/c13-10-4-3-9(12(14)6-10)7-15-5-1-2-11(15)8-16/h1-6,8H,7H2. The first kappa shape index (κ1) is 11.1. The third-order valence-electron chi connectivity index (χ3n) is 2.34. The molecule has 0 bridgehead atoms. The van der Waals surface area contributed by atoms with Gasteiger partial charge in [0.25, 0.3) is 0 Å². The molecule has 0 atom stereocenters. The Kier molecular flexibility index (Phi) is 3.19. The Morgan fingerprint density at radius 3 is 2.88 bits per heavy atom. The molecule has 0 aliphatic rings. The Hall–Kier alpha value is -1.42. The van der Waals surface area contributed by atoms with Gasteiger partial charge < -0.3 is 4.57 Å². The summed E-state index contributed by atoms with van der Waals surface area (Å²) >= 11 is 3.20. The van der Waals surface area contributed by atoms with Gasteiger partial charge in [0.15, 0.2) is 6.29 Å². The number of aldehydes is 1. The van der Waals surface area contributed by atoms with E-state index in [1.165, 1.54) is 6.07 Å². The molecular formula is C12H9BrFNO. The van der Waals surface area contributed by atoms with E-state index >= 15 is 0 Å². The summed E-state index contributed by atoms with van der Waals surface area (Å²) in [5.74, 6) is -0.278. The number of aromatic nitrogens is 1. The van der Waals surface area contributed by atoms with Crippen molar-refractivity contribution < 1.29 is 9.18 Å². The average molecular weight is 282 g/mol. The highest BCUT2D eigenvalue weighted by atomic mass is 79.9. The van der Waals surface area contributed by atoms with Gasteiger partial charge in [-0.2, -0.15) is 0 Å². The van der Waals surface area contributed by atoms with E-state index in [0.29, 0.717) is 22.3 Å². The van der Waals surface area contributed by atoms with E-state index < -0.39 is 0 Å². The van der Waals surface area contributed by atoms with E-state index in [0.717, 1.165) is 6.29 Å². The summed E-state index contributed by atoms with van der Waals surface area (Å²) in [6, 6.07) is 8.36. The Morgan fingerprint density at radius 1 is 1.38 bits per heavy atom. The maximum atomic E-state index is 13.5. The molecule has 0 amide bonds. The van der Waals surface area contributed by atoms with Crippen LogP contribution in [0.2, 0.25) is 0 Å². The van der Waals surface area contributed by atoms with E-state index in [9.17, 15) is 9.18 Å². The lowest BCUT2D eigenvalue weighted by atomic mass is 10.2. The molecule has 1 aromatic heterocycles. The summed E-state index contributed by atoms with van der Waals surface area (Å²) in [4.78, 5) is 10.7. The summed E-state index contributed by atoms with van der Waals surface area (Å²) in [5, 5.41) is 0. The molecule has 0 unspecified atom stereocenters. The monoisotopic (exact) mass is 281 g/mol. The maximum Gasteiger partial charge on any atom is 0.166 e. The molecule has 0 radical (unpaired) electrons. The lowest BCUT2D eigenvalue weighted by molar-refractivity contribution is 0.111. The van der Waals surface area contributed by atoms with E-state index in [2.05, 4.69) is 15.9 Å². The van der Waals surface area contributed by atoms with Crippen molar-refractivity contribution in [2.45, 2.75) is 6.54 Å². The van der Waals surface area contributed by atoms with Gasteiger partial charge in [-0.25, -0.2) is 4.39 Å². The zero-order valence-corrected chi connectivity index (χ0v) is 9.95. The van der Waals surface area contributed by atoms with Gasteiger partial charge in [0.1, 0.15) is 5.82 Å². The lowest BCUT2D eigenvalue weighted by Crippen LogP contribution is -2.04. The molecule has 2 aromatic rings. The Morgan fingerprint density at radius 2 is 2.19 bits per heavy atom. The quantitative estimate of drug-likeness (QED) is 0.792. The minimum atomic E-state index is -0.278. The van der Waals surface area contributed by atoms with Crippen LogP contribution in [0.1, 0.15) is 16.1 Å². The van der Waals surface area contributed by atoms with Crippen molar-refractivity contribution in [2.75, 3.05) is 0 Å². The molecule has 0 aliphatic carbocycles. The van der Waals surface area contributed by atoms with Gasteiger partial charge in [-0.1, -0.05) is 22.0 Å². The summed E-state index contributed by atoms with van der Waals surface area (Å²) in [5.41, 5.74) is 1.10. The molecule has 0 N–H and O–H groups in total. The van der Waals surface area contributed by atoms with Crippen LogP contribution in [0.25, 0.3) is 0 Å². The fourth-order valence-corrected chi connectivity index (χ4v) is 1.84. The molecule has 0 fully saturated rings. The molecular weight excluding hydrogens is 273 g/mol. The van der Waals surface area contributed by atoms with Crippen LogP contribution in [0.4, 0.5) is 4.39 Å². The highest BCUT2D eigenvalue weighted by Gasteiger charge is 2.05. The normalized spacial score (nSPS) is 10.4. The number of carbonyl (C=O) groups excluding carboxylic acids is 1. The number of halogens is 2. The SMILES string of the molecule is O=Cc1cccn1Cc1ccc(Br)cc1F. The van der Waals surface area contributed by atoms with Crippen LogP contribution in [-0.2, 0) is 6.54 Å². The van der Waals surface area contributed by atoms with Crippen LogP contribution in [0.15, 0.2) is 41.0 Å². The van der Waals surface area contributed by atoms with Crippen molar-refractivity contribution in [3.8, 4) is 0 Å². The van der Waals surface area contributed by atoms with Crippen molar-refractivity contribution >= 4 is 22.2 Å². The number of hydrogen-bond acceptors (Lipinski definition) is 1. The fraction of sp³-hybridized carbons (Fsp3) is 0.0833. The first-order valence-electron chi connectivity index (χ1n) is 4.75. The van der Waals surface area contributed by atoms with Crippen molar-refractivity contribution in [3.05, 3.63) is 58.1 Å². The second-order valence-electron chi connectivity index (χ2n) is 3.41. The number of hydrogen-bond donors (Lipinski definition) is 0. The largest absolute Gasteiger partial charge is 0.341 e. The molecule has 16 heavy (non-hydrogen) atoms. The van der Waals surface area contributed by atoms with E-state index in [-0.39, 0.29) is 5.82 Å². The molecule has 0 spiro atoms. The van der Waals surface area contributed by atoms with Gasteiger partial charge in [0.05, 0.1) is 12.2 Å². The van der Waals surface area contributed by atoms with Gasteiger partial charge in [-0.05, 0) is 24.3 Å². The zero-order chi connectivity index (χ0) is 11.5. The number of carbonyl (C=O) groups is 1. The molecule has 2 rings (SSSR count). The summed E-state index contributed by atoms with van der Waals surface area (Å²) in [6.45, 7) is 0.361. The van der Waals surface area contributed by atoms with Gasteiger partial charge in [0.2, 0.25) is 0 Å². The number of nitrogens with zero attached hydrogens (tertiary/aromatic N) is 1. The van der Waals surface area contributed by atoms with Crippen molar-refractivity contribution in [1.29, 1.82) is 0 Å². The second kappa shape index (κ2) is 4.61. The Balaban J connectivity index is 2.30. The highest BCUT2D eigenvalue weighted by molar-refractivity contribution is 9.10. The van der Waals surface area contributed by atoms with E-state index in [1.807, 2.05) is 0 Å². The fourth-order valence-electron chi connectivity index (χ4n) is 1.51. The molecule has 82 valence electrons. The highest BCUT2D eigenvalue weighted by Crippen LogP contribution is 2.16. The Labute approximate surface area is 101 Å². The summed E-state index contributed by atoms with van der Waals surface area (Å²) < 4.78 is 16.0. The van der Waals surface area contributed by atoms with E-state index in [4.69, 9.17) is 0 Å². The van der Waals surface area contributed by atoms with E-state index in [1.54, 1.807) is 35.0 Å². The van der Waals surface area contributed by atoms with Crippen molar-refractivity contribution in [1.82, 2.24) is 4.57 Å². The molecule has 2 nitrogen and oxygen atoms in total. The molecule has 1 heterocycles. The Bertz CT molecular complexity index is 521. The summed E-state index contributed by atoms with van der Waals surface area (Å²) in [6.07, 6.45) is 2.52. The summed E-state index contributed by atoms with van der Waals surface area (Å²) in [7, 11) is 0. The van der Waals surface area contributed by atoms with Gasteiger partial charge in [-0.15, -0.1) is 0 Å². The lowest BCUT2D eigenvalue weighted by Gasteiger charge is -2.07. The first-order chi connectivity index (χ1) is 7.70. The third-order valence-corrected chi connectivity index (χ3v) is 2.83. The molecule has 1 aromatic carbocycles. The van der Waals surface area contributed by atoms with Crippen LogP contribution in [0, 0.1) is 5.82 Å². The minimum absolute atomic E-state index is 0.278. The average Bonchev–Trinajstić information content (AvgIpc) is 2.69. The van der Waals surface area contributed by atoms with Crippen LogP contribution in [0.5, 0.6) is 0 Å².